The number of hydrogen-bond acceptors (Lipinski definition) is 3. The molecule has 6 nitrogen and oxygen atoms in total. The number of para-hydroxylation sites is 2. The van der Waals surface area contributed by atoms with Crippen LogP contribution >= 0.6 is 11.6 Å². The smallest absolute Gasteiger partial charge is 0.245 e. The van der Waals surface area contributed by atoms with Crippen molar-refractivity contribution in [2.45, 2.75) is 13.5 Å². The second-order valence-electron chi connectivity index (χ2n) is 7.26. The summed E-state index contributed by atoms with van der Waals surface area (Å²) in [5.74, 6) is -0.455. The van der Waals surface area contributed by atoms with Gasteiger partial charge < -0.3 is 9.88 Å². The van der Waals surface area contributed by atoms with Crippen molar-refractivity contribution >= 4 is 60.7 Å². The number of benzene rings is 3. The molecule has 1 aromatic heterocycles. The number of anilines is 2. The van der Waals surface area contributed by atoms with Crippen LogP contribution in [0.1, 0.15) is 6.92 Å². The second-order valence-corrected chi connectivity index (χ2v) is 9.58. The Balaban J connectivity index is 1.65. The van der Waals surface area contributed by atoms with Crippen molar-refractivity contribution in [3.8, 4) is 0 Å². The van der Waals surface area contributed by atoms with Crippen molar-refractivity contribution in [1.82, 2.24) is 4.57 Å². The number of carbonyl (C=O) groups excluding carboxylic acids is 1. The maximum Gasteiger partial charge on any atom is 0.245 e. The molecule has 4 aromatic rings. The molecule has 0 aliphatic heterocycles. The molecule has 0 radical (unpaired) electrons. The number of sulfonamides is 1. The van der Waals surface area contributed by atoms with Crippen molar-refractivity contribution in [2.75, 3.05) is 22.4 Å². The van der Waals surface area contributed by atoms with Crippen molar-refractivity contribution in [2.24, 2.45) is 0 Å². The third-order valence-corrected chi connectivity index (χ3v) is 6.63. The predicted molar refractivity (Wildman–Crippen MR) is 127 cm³/mol. The van der Waals surface area contributed by atoms with Gasteiger partial charge in [-0.1, -0.05) is 41.9 Å². The van der Waals surface area contributed by atoms with Crippen LogP contribution in [0.3, 0.4) is 0 Å². The van der Waals surface area contributed by atoms with E-state index in [2.05, 4.69) is 28.9 Å². The average Bonchev–Trinajstić information content (AvgIpc) is 3.05. The van der Waals surface area contributed by atoms with E-state index in [-0.39, 0.29) is 17.3 Å². The second kappa shape index (κ2) is 8.24. The van der Waals surface area contributed by atoms with E-state index in [9.17, 15) is 13.2 Å². The van der Waals surface area contributed by atoms with E-state index in [1.165, 1.54) is 0 Å². The van der Waals surface area contributed by atoms with E-state index >= 15 is 0 Å². The summed E-state index contributed by atoms with van der Waals surface area (Å²) in [5, 5.41) is 5.21. The van der Waals surface area contributed by atoms with Crippen LogP contribution in [0.2, 0.25) is 5.02 Å². The standard InChI is InChI=1S/C23H22ClN3O3S/c1-3-26-20-10-6-4-8-17(20)18-14-16(12-13-21(18)26)25-23(28)15-27(31(2,29)30)22-11-7-5-9-19(22)24/h4-14H,3,15H2,1-2H3,(H,25,28). The molecule has 1 amide bonds. The molecule has 0 atom stereocenters. The summed E-state index contributed by atoms with van der Waals surface area (Å²) >= 11 is 6.17. The Bertz CT molecular complexity index is 1400. The first-order valence-electron chi connectivity index (χ1n) is 9.82. The molecule has 3 aromatic carbocycles. The Hall–Kier alpha value is -3.03. The summed E-state index contributed by atoms with van der Waals surface area (Å²) in [5.41, 5.74) is 3.08. The molecule has 0 saturated heterocycles. The lowest BCUT2D eigenvalue weighted by atomic mass is 10.1. The first-order valence-corrected chi connectivity index (χ1v) is 12.1. The third kappa shape index (κ3) is 4.11. The Morgan fingerprint density at radius 1 is 1.00 bits per heavy atom. The number of amides is 1. The molecule has 0 spiro atoms. The molecule has 31 heavy (non-hydrogen) atoms. The van der Waals surface area contributed by atoms with Crippen molar-refractivity contribution in [3.63, 3.8) is 0 Å². The van der Waals surface area contributed by atoms with Crippen molar-refractivity contribution in [1.29, 1.82) is 0 Å². The van der Waals surface area contributed by atoms with E-state index in [0.717, 1.165) is 38.9 Å². The SMILES string of the molecule is CCn1c2ccccc2c2cc(NC(=O)CN(c3ccccc3Cl)S(C)(=O)=O)ccc21. The molecule has 1 N–H and O–H groups in total. The van der Waals surface area contributed by atoms with Gasteiger partial charge in [-0.05, 0) is 43.3 Å². The summed E-state index contributed by atoms with van der Waals surface area (Å²) < 4.78 is 27.9. The molecule has 4 rings (SSSR count). The largest absolute Gasteiger partial charge is 0.341 e. The van der Waals surface area contributed by atoms with Crippen LogP contribution in [0.15, 0.2) is 66.7 Å². The minimum Gasteiger partial charge on any atom is -0.341 e. The zero-order valence-electron chi connectivity index (χ0n) is 17.2. The van der Waals surface area contributed by atoms with Crippen LogP contribution < -0.4 is 9.62 Å². The van der Waals surface area contributed by atoms with Crippen molar-refractivity contribution < 1.29 is 13.2 Å². The van der Waals surface area contributed by atoms with E-state index in [0.29, 0.717) is 5.69 Å². The molecule has 0 aliphatic rings. The minimum absolute atomic E-state index is 0.259. The number of aryl methyl sites for hydroxylation is 1. The highest BCUT2D eigenvalue weighted by molar-refractivity contribution is 7.92. The highest BCUT2D eigenvalue weighted by Gasteiger charge is 2.23. The maximum atomic E-state index is 12.7. The zero-order valence-corrected chi connectivity index (χ0v) is 18.7. The molecule has 160 valence electrons. The van der Waals surface area contributed by atoms with Crippen molar-refractivity contribution in [3.05, 3.63) is 71.8 Å². The number of nitrogens with zero attached hydrogens (tertiary/aromatic N) is 2. The topological polar surface area (TPSA) is 71.4 Å². The van der Waals surface area contributed by atoms with Gasteiger partial charge in [-0.15, -0.1) is 0 Å². The highest BCUT2D eigenvalue weighted by Crippen LogP contribution is 2.31. The van der Waals surface area contributed by atoms with E-state index in [4.69, 9.17) is 11.6 Å². The zero-order chi connectivity index (χ0) is 22.2. The highest BCUT2D eigenvalue weighted by atomic mass is 35.5. The van der Waals surface area contributed by atoms with Gasteiger partial charge in [0.15, 0.2) is 0 Å². The molecule has 0 fully saturated rings. The average molecular weight is 456 g/mol. The number of hydrogen-bond donors (Lipinski definition) is 1. The molecule has 0 unspecified atom stereocenters. The quantitative estimate of drug-likeness (QED) is 0.450. The van der Waals surface area contributed by atoms with Gasteiger partial charge in [0.25, 0.3) is 0 Å². The summed E-state index contributed by atoms with van der Waals surface area (Å²) in [6.07, 6.45) is 1.05. The van der Waals surface area contributed by atoms with Crippen LogP contribution in [0, 0.1) is 0 Å². The maximum absolute atomic E-state index is 12.7. The van der Waals surface area contributed by atoms with Gasteiger partial charge in [-0.25, -0.2) is 8.42 Å². The number of aromatic nitrogens is 1. The Morgan fingerprint density at radius 2 is 1.68 bits per heavy atom. The molecule has 0 aliphatic carbocycles. The molecule has 0 saturated carbocycles. The Labute approximate surface area is 186 Å². The lowest BCUT2D eigenvalue weighted by Gasteiger charge is -2.22. The molecule has 1 heterocycles. The van der Waals surface area contributed by atoms with Crippen LogP contribution in [0.4, 0.5) is 11.4 Å². The minimum atomic E-state index is -3.71. The van der Waals surface area contributed by atoms with Crippen LogP contribution in [-0.2, 0) is 21.4 Å². The summed E-state index contributed by atoms with van der Waals surface area (Å²) in [6.45, 7) is 2.55. The van der Waals surface area contributed by atoms with Gasteiger partial charge in [0, 0.05) is 34.0 Å². The Kier molecular flexibility index (Phi) is 5.64. The lowest BCUT2D eigenvalue weighted by Crippen LogP contribution is -2.37. The van der Waals surface area contributed by atoms with E-state index < -0.39 is 15.9 Å². The number of nitrogens with one attached hydrogen (secondary N) is 1. The number of rotatable bonds is 6. The van der Waals surface area contributed by atoms with Crippen LogP contribution in [0.25, 0.3) is 21.8 Å². The monoisotopic (exact) mass is 455 g/mol. The lowest BCUT2D eigenvalue weighted by molar-refractivity contribution is -0.114. The fraction of sp³-hybridized carbons (Fsp3) is 0.174. The van der Waals surface area contributed by atoms with Gasteiger partial charge in [0.2, 0.25) is 15.9 Å². The molecular weight excluding hydrogens is 434 g/mol. The van der Waals surface area contributed by atoms with E-state index in [1.54, 1.807) is 24.3 Å². The Morgan fingerprint density at radius 3 is 2.39 bits per heavy atom. The number of carbonyl (C=O) groups is 1. The summed E-state index contributed by atoms with van der Waals surface area (Å²) in [6, 6.07) is 20.4. The van der Waals surface area contributed by atoms with Gasteiger partial charge in [-0.2, -0.15) is 0 Å². The predicted octanol–water partition coefficient (Wildman–Crippen LogP) is 4.87. The third-order valence-electron chi connectivity index (χ3n) is 5.18. The molecular formula is C23H22ClN3O3S. The first-order chi connectivity index (χ1) is 14.8. The van der Waals surface area contributed by atoms with Gasteiger partial charge in [-0.3, -0.25) is 9.10 Å². The van der Waals surface area contributed by atoms with Gasteiger partial charge in [0.05, 0.1) is 17.0 Å². The van der Waals surface area contributed by atoms with Gasteiger partial charge in [0.1, 0.15) is 6.54 Å². The normalized spacial score (nSPS) is 11.7. The van der Waals surface area contributed by atoms with Crippen LogP contribution in [-0.4, -0.2) is 31.7 Å². The molecule has 8 heteroatoms. The van der Waals surface area contributed by atoms with E-state index in [1.807, 2.05) is 30.3 Å². The summed E-state index contributed by atoms with van der Waals surface area (Å²) in [4.78, 5) is 12.7. The summed E-state index contributed by atoms with van der Waals surface area (Å²) in [7, 11) is -3.71. The number of halogens is 1. The molecule has 0 bridgehead atoms. The fourth-order valence-electron chi connectivity index (χ4n) is 3.84. The van der Waals surface area contributed by atoms with Gasteiger partial charge >= 0.3 is 0 Å². The van der Waals surface area contributed by atoms with Crippen LogP contribution in [0.5, 0.6) is 0 Å². The fourth-order valence-corrected chi connectivity index (χ4v) is 4.99. The number of fused-ring (bicyclic) bond motifs is 3. The first kappa shape index (κ1) is 21.2.